The van der Waals surface area contributed by atoms with E-state index in [0.717, 1.165) is 6.54 Å². The summed E-state index contributed by atoms with van der Waals surface area (Å²) in [4.78, 5) is 0. The topological polar surface area (TPSA) is 21.3 Å². The minimum absolute atomic E-state index is 0.295. The molecule has 2 heteroatoms. The summed E-state index contributed by atoms with van der Waals surface area (Å²) in [5.74, 6) is 0. The monoisotopic (exact) mass is 251 g/mol. The molecule has 0 aromatic carbocycles. The molecule has 1 aliphatic heterocycles. The maximum Gasteiger partial charge on any atom is 0.0708 e. The molecule has 104 valence electrons. The lowest BCUT2D eigenvalue weighted by Crippen LogP contribution is -2.52. The lowest BCUT2D eigenvalue weighted by atomic mass is 9.75. The zero-order valence-electron chi connectivity index (χ0n) is 12.0. The third kappa shape index (κ3) is 2.46. The average Bonchev–Trinajstić information content (AvgIpc) is 2.73. The third-order valence-electron chi connectivity index (χ3n) is 5.80. The normalized spacial score (nSPS) is 33.5. The van der Waals surface area contributed by atoms with Gasteiger partial charge in [0.05, 0.1) is 11.7 Å². The van der Waals surface area contributed by atoms with Gasteiger partial charge in [-0.05, 0) is 51.4 Å². The average molecular weight is 251 g/mol. The van der Waals surface area contributed by atoms with Crippen LogP contribution in [0.25, 0.3) is 0 Å². The predicted molar refractivity (Wildman–Crippen MR) is 74.8 cm³/mol. The predicted octanol–water partition coefficient (Wildman–Crippen LogP) is 3.79. The summed E-state index contributed by atoms with van der Waals surface area (Å²) in [6.07, 6.45) is 15.4. The molecule has 3 fully saturated rings. The molecule has 1 saturated heterocycles. The highest BCUT2D eigenvalue weighted by atomic mass is 16.5. The van der Waals surface area contributed by atoms with Gasteiger partial charge >= 0.3 is 0 Å². The van der Waals surface area contributed by atoms with Crippen molar-refractivity contribution in [3.05, 3.63) is 0 Å². The molecule has 18 heavy (non-hydrogen) atoms. The largest absolute Gasteiger partial charge is 0.370 e. The minimum atomic E-state index is 0.295. The molecule has 1 heterocycles. The molecular formula is C16H29NO. The molecule has 0 aromatic rings. The van der Waals surface area contributed by atoms with Crippen molar-refractivity contribution in [1.82, 2.24) is 5.32 Å². The Morgan fingerprint density at radius 2 is 1.78 bits per heavy atom. The molecule has 2 nitrogen and oxygen atoms in total. The molecule has 1 atom stereocenters. The Hall–Kier alpha value is -0.0800. The van der Waals surface area contributed by atoms with Gasteiger partial charge in [0.2, 0.25) is 0 Å². The van der Waals surface area contributed by atoms with E-state index in [1.807, 2.05) is 0 Å². The summed E-state index contributed by atoms with van der Waals surface area (Å²) in [5.41, 5.74) is 0.773. The Kier molecular flexibility index (Phi) is 3.68. The number of hydrogen-bond acceptors (Lipinski definition) is 2. The van der Waals surface area contributed by atoms with Crippen LogP contribution in [0.3, 0.4) is 0 Å². The van der Waals surface area contributed by atoms with E-state index < -0.39 is 0 Å². The number of rotatable bonds is 4. The second kappa shape index (κ2) is 5.13. The van der Waals surface area contributed by atoms with Gasteiger partial charge in [-0.1, -0.05) is 26.2 Å². The van der Waals surface area contributed by atoms with Crippen LogP contribution in [0, 0.1) is 0 Å². The Labute approximate surface area is 112 Å². The van der Waals surface area contributed by atoms with Crippen LogP contribution in [0.2, 0.25) is 0 Å². The van der Waals surface area contributed by atoms with Crippen molar-refractivity contribution in [2.45, 2.75) is 94.8 Å². The number of hydrogen-bond donors (Lipinski definition) is 1. The molecule has 0 amide bonds. The van der Waals surface area contributed by atoms with Crippen LogP contribution >= 0.6 is 0 Å². The fraction of sp³-hybridized carbons (Fsp3) is 1.00. The maximum absolute atomic E-state index is 6.44. The highest BCUT2D eigenvalue weighted by Crippen LogP contribution is 2.42. The summed E-state index contributed by atoms with van der Waals surface area (Å²) in [6.45, 7) is 3.42. The molecule has 0 aromatic heterocycles. The minimum Gasteiger partial charge on any atom is -0.370 e. The van der Waals surface area contributed by atoms with Gasteiger partial charge < -0.3 is 10.1 Å². The van der Waals surface area contributed by atoms with Gasteiger partial charge in [-0.3, -0.25) is 0 Å². The summed E-state index contributed by atoms with van der Waals surface area (Å²) in [5, 5.41) is 3.82. The number of nitrogens with one attached hydrogen (secondary N) is 1. The molecule has 0 radical (unpaired) electrons. The van der Waals surface area contributed by atoms with Crippen molar-refractivity contribution in [1.29, 1.82) is 0 Å². The Morgan fingerprint density at radius 1 is 1.00 bits per heavy atom. The maximum atomic E-state index is 6.44. The van der Waals surface area contributed by atoms with E-state index in [4.69, 9.17) is 4.74 Å². The fourth-order valence-electron chi connectivity index (χ4n) is 4.19. The molecule has 1 unspecified atom stereocenters. The molecule has 3 aliphatic rings. The van der Waals surface area contributed by atoms with Crippen LogP contribution in [0.4, 0.5) is 0 Å². The van der Waals surface area contributed by atoms with Crippen molar-refractivity contribution in [2.24, 2.45) is 0 Å². The van der Waals surface area contributed by atoms with Crippen molar-refractivity contribution in [3.8, 4) is 0 Å². The Balaban J connectivity index is 1.47. The molecular weight excluding hydrogens is 222 g/mol. The second-order valence-electron chi connectivity index (χ2n) is 6.89. The van der Waals surface area contributed by atoms with E-state index in [1.165, 1.54) is 70.6 Å². The van der Waals surface area contributed by atoms with Gasteiger partial charge in [0.25, 0.3) is 0 Å². The fourth-order valence-corrected chi connectivity index (χ4v) is 4.19. The summed E-state index contributed by atoms with van der Waals surface area (Å²) in [6, 6.07) is 0. The lowest BCUT2D eigenvalue weighted by molar-refractivity contribution is -0.0655. The third-order valence-corrected chi connectivity index (χ3v) is 5.80. The Bertz CT molecular complexity index is 273. The van der Waals surface area contributed by atoms with Gasteiger partial charge in [0.15, 0.2) is 0 Å². The standard InChI is InChI=1S/C16H29NO/c1-2-15(8-6-9-15)17-13-14-7-12-16(18-14)10-4-3-5-11-16/h14,17H,2-13H2,1H3. The van der Waals surface area contributed by atoms with Gasteiger partial charge in [0.1, 0.15) is 0 Å². The first-order valence-electron chi connectivity index (χ1n) is 8.19. The van der Waals surface area contributed by atoms with Crippen LogP contribution in [0.5, 0.6) is 0 Å². The summed E-state index contributed by atoms with van der Waals surface area (Å²) < 4.78 is 6.44. The lowest BCUT2D eigenvalue weighted by Gasteiger charge is -2.43. The molecule has 2 aliphatic carbocycles. The van der Waals surface area contributed by atoms with E-state index >= 15 is 0 Å². The van der Waals surface area contributed by atoms with Crippen LogP contribution in [-0.4, -0.2) is 23.8 Å². The zero-order chi connectivity index (χ0) is 12.5. The molecule has 2 saturated carbocycles. The SMILES string of the molecule is CCC1(NCC2CCC3(CCCCC3)O2)CCC1. The summed E-state index contributed by atoms with van der Waals surface area (Å²) >= 11 is 0. The van der Waals surface area contributed by atoms with E-state index in [0.29, 0.717) is 17.2 Å². The summed E-state index contributed by atoms with van der Waals surface area (Å²) in [7, 11) is 0. The van der Waals surface area contributed by atoms with Crippen LogP contribution in [0.15, 0.2) is 0 Å². The zero-order valence-corrected chi connectivity index (χ0v) is 12.0. The van der Waals surface area contributed by atoms with Gasteiger partial charge in [0, 0.05) is 12.1 Å². The van der Waals surface area contributed by atoms with Crippen molar-refractivity contribution in [3.63, 3.8) is 0 Å². The van der Waals surface area contributed by atoms with Crippen LogP contribution in [-0.2, 0) is 4.74 Å². The van der Waals surface area contributed by atoms with E-state index in [2.05, 4.69) is 12.2 Å². The number of ether oxygens (including phenoxy) is 1. The first kappa shape index (κ1) is 12.9. The first-order valence-corrected chi connectivity index (χ1v) is 8.19. The van der Waals surface area contributed by atoms with Crippen molar-refractivity contribution < 1.29 is 4.74 Å². The quantitative estimate of drug-likeness (QED) is 0.821. The smallest absolute Gasteiger partial charge is 0.0708 e. The molecule has 0 bridgehead atoms. The van der Waals surface area contributed by atoms with Gasteiger partial charge in [-0.25, -0.2) is 0 Å². The Morgan fingerprint density at radius 3 is 2.39 bits per heavy atom. The van der Waals surface area contributed by atoms with Crippen molar-refractivity contribution >= 4 is 0 Å². The molecule has 1 N–H and O–H groups in total. The van der Waals surface area contributed by atoms with Crippen LogP contribution in [0.1, 0.15) is 77.6 Å². The molecule has 1 spiro atoms. The highest BCUT2D eigenvalue weighted by Gasteiger charge is 2.42. The van der Waals surface area contributed by atoms with Crippen molar-refractivity contribution in [2.75, 3.05) is 6.54 Å². The van der Waals surface area contributed by atoms with E-state index in [-0.39, 0.29) is 0 Å². The second-order valence-corrected chi connectivity index (χ2v) is 6.89. The first-order chi connectivity index (χ1) is 8.76. The van der Waals surface area contributed by atoms with E-state index in [1.54, 1.807) is 0 Å². The van der Waals surface area contributed by atoms with Gasteiger partial charge in [-0.15, -0.1) is 0 Å². The molecule has 3 rings (SSSR count). The van der Waals surface area contributed by atoms with E-state index in [9.17, 15) is 0 Å². The van der Waals surface area contributed by atoms with Crippen LogP contribution < -0.4 is 5.32 Å². The highest BCUT2D eigenvalue weighted by molar-refractivity contribution is 4.97. The van der Waals surface area contributed by atoms with Gasteiger partial charge in [-0.2, -0.15) is 0 Å².